The quantitative estimate of drug-likeness (QED) is 0.770. The van der Waals surface area contributed by atoms with E-state index in [2.05, 4.69) is 10.0 Å². The lowest BCUT2D eigenvalue weighted by Crippen LogP contribution is -2.35. The number of sulfonamides is 1. The highest BCUT2D eigenvalue weighted by atomic mass is 32.2. The molecule has 2 N–H and O–H groups in total. The summed E-state index contributed by atoms with van der Waals surface area (Å²) in [5, 5.41) is 2.98. The van der Waals surface area contributed by atoms with Crippen LogP contribution in [-0.2, 0) is 10.0 Å². The SMILES string of the molecule is CC(C)NCCNS(=O)(=O)c1c(F)cccc1F. The Bertz CT molecular complexity index is 484. The number of hydrogen-bond acceptors (Lipinski definition) is 3. The van der Waals surface area contributed by atoms with E-state index in [1.807, 2.05) is 13.8 Å². The maximum Gasteiger partial charge on any atom is 0.246 e. The minimum absolute atomic E-state index is 0.0638. The van der Waals surface area contributed by atoms with Gasteiger partial charge in [-0.1, -0.05) is 19.9 Å². The maximum atomic E-state index is 13.3. The van der Waals surface area contributed by atoms with Crippen molar-refractivity contribution in [2.75, 3.05) is 13.1 Å². The Morgan fingerprint density at radius 3 is 2.22 bits per heavy atom. The molecule has 0 unspecified atom stereocenters. The first-order valence-corrected chi connectivity index (χ1v) is 7.00. The molecule has 0 radical (unpaired) electrons. The molecule has 1 rings (SSSR count). The third kappa shape index (κ3) is 4.01. The Balaban J connectivity index is 2.75. The van der Waals surface area contributed by atoms with Gasteiger partial charge in [0.1, 0.15) is 11.6 Å². The molecule has 18 heavy (non-hydrogen) atoms. The largest absolute Gasteiger partial charge is 0.313 e. The molecule has 0 bridgehead atoms. The van der Waals surface area contributed by atoms with E-state index in [4.69, 9.17) is 0 Å². The van der Waals surface area contributed by atoms with Gasteiger partial charge in [-0.15, -0.1) is 0 Å². The van der Waals surface area contributed by atoms with Crippen molar-refractivity contribution < 1.29 is 17.2 Å². The van der Waals surface area contributed by atoms with Crippen LogP contribution >= 0.6 is 0 Å². The predicted molar refractivity (Wildman–Crippen MR) is 64.7 cm³/mol. The fourth-order valence-electron chi connectivity index (χ4n) is 1.36. The Hall–Kier alpha value is -1.05. The summed E-state index contributed by atoms with van der Waals surface area (Å²) in [5.41, 5.74) is 0. The van der Waals surface area contributed by atoms with Crippen molar-refractivity contribution in [3.8, 4) is 0 Å². The summed E-state index contributed by atoms with van der Waals surface area (Å²) in [4.78, 5) is -0.936. The summed E-state index contributed by atoms with van der Waals surface area (Å²) in [6.07, 6.45) is 0. The van der Waals surface area contributed by atoms with E-state index in [0.717, 1.165) is 18.2 Å². The topological polar surface area (TPSA) is 58.2 Å². The van der Waals surface area contributed by atoms with Crippen LogP contribution < -0.4 is 10.0 Å². The lowest BCUT2D eigenvalue weighted by atomic mass is 10.3. The van der Waals surface area contributed by atoms with E-state index < -0.39 is 26.6 Å². The van der Waals surface area contributed by atoms with Crippen molar-refractivity contribution in [1.29, 1.82) is 0 Å². The van der Waals surface area contributed by atoms with Crippen molar-refractivity contribution in [2.24, 2.45) is 0 Å². The second-order valence-corrected chi connectivity index (χ2v) is 5.76. The first-order valence-electron chi connectivity index (χ1n) is 5.51. The zero-order valence-corrected chi connectivity index (χ0v) is 11.0. The minimum Gasteiger partial charge on any atom is -0.313 e. The van der Waals surface area contributed by atoms with Crippen molar-refractivity contribution in [1.82, 2.24) is 10.0 Å². The fourth-order valence-corrected chi connectivity index (χ4v) is 2.52. The molecule has 1 aromatic carbocycles. The molecule has 0 amide bonds. The predicted octanol–water partition coefficient (Wildman–Crippen LogP) is 1.24. The van der Waals surface area contributed by atoms with Crippen LogP contribution in [0.3, 0.4) is 0 Å². The molecule has 1 aromatic rings. The smallest absolute Gasteiger partial charge is 0.246 e. The lowest BCUT2D eigenvalue weighted by molar-refractivity contribution is 0.511. The van der Waals surface area contributed by atoms with Gasteiger partial charge in [-0.3, -0.25) is 0 Å². The third-order valence-corrected chi connectivity index (χ3v) is 3.67. The van der Waals surface area contributed by atoms with E-state index in [0.29, 0.717) is 6.54 Å². The van der Waals surface area contributed by atoms with Gasteiger partial charge in [0.05, 0.1) is 0 Å². The highest BCUT2D eigenvalue weighted by Gasteiger charge is 2.22. The van der Waals surface area contributed by atoms with E-state index in [1.54, 1.807) is 0 Å². The summed E-state index contributed by atoms with van der Waals surface area (Å²) < 4.78 is 52.2. The monoisotopic (exact) mass is 278 g/mol. The molecule has 0 fully saturated rings. The van der Waals surface area contributed by atoms with Gasteiger partial charge in [0, 0.05) is 19.1 Å². The average Bonchev–Trinajstić information content (AvgIpc) is 2.23. The molecule has 0 aliphatic carbocycles. The summed E-state index contributed by atoms with van der Waals surface area (Å²) in [6.45, 7) is 4.26. The summed E-state index contributed by atoms with van der Waals surface area (Å²) >= 11 is 0. The summed E-state index contributed by atoms with van der Waals surface area (Å²) in [6, 6.07) is 3.14. The number of rotatable bonds is 6. The Morgan fingerprint density at radius 2 is 1.72 bits per heavy atom. The van der Waals surface area contributed by atoms with Crippen LogP contribution in [0.25, 0.3) is 0 Å². The molecule has 0 aliphatic rings. The highest BCUT2D eigenvalue weighted by Crippen LogP contribution is 2.17. The number of halogens is 2. The van der Waals surface area contributed by atoms with Crippen molar-refractivity contribution in [2.45, 2.75) is 24.8 Å². The van der Waals surface area contributed by atoms with Gasteiger partial charge in [0.25, 0.3) is 0 Å². The van der Waals surface area contributed by atoms with Crippen LogP contribution in [0, 0.1) is 11.6 Å². The van der Waals surface area contributed by atoms with Crippen molar-refractivity contribution >= 4 is 10.0 Å². The fraction of sp³-hybridized carbons (Fsp3) is 0.455. The number of benzene rings is 1. The Kier molecular flexibility index (Phi) is 5.18. The second-order valence-electron chi connectivity index (χ2n) is 4.06. The van der Waals surface area contributed by atoms with Crippen LogP contribution in [0.1, 0.15) is 13.8 Å². The second kappa shape index (κ2) is 6.21. The van der Waals surface area contributed by atoms with E-state index in [-0.39, 0.29) is 12.6 Å². The van der Waals surface area contributed by atoms with Gasteiger partial charge in [-0.2, -0.15) is 0 Å². The molecule has 102 valence electrons. The minimum atomic E-state index is -4.16. The normalized spacial score (nSPS) is 12.1. The molecule has 0 saturated carbocycles. The van der Waals surface area contributed by atoms with E-state index in [9.17, 15) is 17.2 Å². The average molecular weight is 278 g/mol. The van der Waals surface area contributed by atoms with Crippen LogP contribution in [-0.4, -0.2) is 27.5 Å². The molecular formula is C11H16F2N2O2S. The molecule has 0 aliphatic heterocycles. The van der Waals surface area contributed by atoms with Gasteiger partial charge in [0.2, 0.25) is 10.0 Å². The van der Waals surface area contributed by atoms with E-state index >= 15 is 0 Å². The molecule has 0 aromatic heterocycles. The lowest BCUT2D eigenvalue weighted by Gasteiger charge is -2.10. The van der Waals surface area contributed by atoms with Crippen molar-refractivity contribution in [3.05, 3.63) is 29.8 Å². The van der Waals surface area contributed by atoms with Crippen LogP contribution in [0.15, 0.2) is 23.1 Å². The first-order chi connectivity index (χ1) is 8.34. The Labute approximate surface area is 105 Å². The van der Waals surface area contributed by atoms with E-state index in [1.165, 1.54) is 0 Å². The van der Waals surface area contributed by atoms with Gasteiger partial charge in [-0.05, 0) is 12.1 Å². The molecule has 4 nitrogen and oxygen atoms in total. The molecule has 7 heteroatoms. The van der Waals surface area contributed by atoms with Crippen LogP contribution in [0.5, 0.6) is 0 Å². The van der Waals surface area contributed by atoms with Gasteiger partial charge in [0.15, 0.2) is 4.90 Å². The number of hydrogen-bond donors (Lipinski definition) is 2. The molecule has 0 heterocycles. The maximum absolute atomic E-state index is 13.3. The Morgan fingerprint density at radius 1 is 1.17 bits per heavy atom. The summed E-state index contributed by atoms with van der Waals surface area (Å²) in [7, 11) is -4.16. The third-order valence-electron chi connectivity index (χ3n) is 2.16. The zero-order chi connectivity index (χ0) is 13.8. The number of nitrogens with one attached hydrogen (secondary N) is 2. The van der Waals surface area contributed by atoms with Gasteiger partial charge >= 0.3 is 0 Å². The molecular weight excluding hydrogens is 262 g/mol. The highest BCUT2D eigenvalue weighted by molar-refractivity contribution is 7.89. The van der Waals surface area contributed by atoms with Crippen molar-refractivity contribution in [3.63, 3.8) is 0 Å². The van der Waals surface area contributed by atoms with Crippen LogP contribution in [0.2, 0.25) is 0 Å². The summed E-state index contributed by atoms with van der Waals surface area (Å²) in [5.74, 6) is -2.20. The molecule has 0 saturated heterocycles. The zero-order valence-electron chi connectivity index (χ0n) is 10.2. The van der Waals surface area contributed by atoms with Gasteiger partial charge < -0.3 is 5.32 Å². The van der Waals surface area contributed by atoms with Gasteiger partial charge in [-0.25, -0.2) is 21.9 Å². The van der Waals surface area contributed by atoms with Crippen LogP contribution in [0.4, 0.5) is 8.78 Å². The molecule has 0 spiro atoms. The standard InChI is InChI=1S/C11H16F2N2O2S/c1-8(2)14-6-7-15-18(16,17)11-9(12)4-3-5-10(11)13/h3-5,8,14-15H,6-7H2,1-2H3. The molecule has 0 atom stereocenters. The first kappa shape index (κ1) is 15.0.